The van der Waals surface area contributed by atoms with E-state index in [4.69, 9.17) is 0 Å². The summed E-state index contributed by atoms with van der Waals surface area (Å²) in [7, 11) is -6.79. The molecule has 0 atom stereocenters. The normalized spacial score (nSPS) is 17.6. The fourth-order valence-electron chi connectivity index (χ4n) is 2.25. The maximum Gasteiger partial charge on any atom is 0.240 e. The van der Waals surface area contributed by atoms with Gasteiger partial charge in [-0.25, -0.2) is 21.6 Å². The number of aryl methyl sites for hydroxylation is 1. The first-order valence-corrected chi connectivity index (χ1v) is 9.86. The zero-order valence-electron chi connectivity index (χ0n) is 11.4. The van der Waals surface area contributed by atoms with Crippen molar-refractivity contribution < 1.29 is 16.8 Å². The van der Waals surface area contributed by atoms with Gasteiger partial charge in [0.1, 0.15) is 0 Å². The van der Waals surface area contributed by atoms with Gasteiger partial charge in [-0.3, -0.25) is 0 Å². The first-order valence-electron chi connectivity index (χ1n) is 6.72. The molecule has 7 heteroatoms. The van der Waals surface area contributed by atoms with Crippen LogP contribution in [0.3, 0.4) is 0 Å². The Hall–Kier alpha value is -0.920. The van der Waals surface area contributed by atoms with E-state index in [2.05, 4.69) is 4.72 Å². The van der Waals surface area contributed by atoms with Crippen LogP contribution in [0.25, 0.3) is 0 Å². The molecule has 1 aromatic carbocycles. The molecule has 0 fully saturated rings. The van der Waals surface area contributed by atoms with Crippen molar-refractivity contribution in [1.82, 2.24) is 4.72 Å². The number of rotatable bonds is 5. The fraction of sp³-hybridized carbons (Fsp3) is 0.538. The standard InChI is InChI=1S/C13H19NO4S2/c1-2-3-8-14-20(17,18)12-6-7-13-11(10-12)5-4-9-19(13,15)16/h6-7,10,14H,2-5,8-9H2,1H3. The number of benzene rings is 1. The van der Waals surface area contributed by atoms with Gasteiger partial charge in [0, 0.05) is 6.54 Å². The minimum absolute atomic E-state index is 0.140. The van der Waals surface area contributed by atoms with Gasteiger partial charge in [0.25, 0.3) is 0 Å². The lowest BCUT2D eigenvalue weighted by Gasteiger charge is -2.17. The van der Waals surface area contributed by atoms with Gasteiger partial charge in [-0.05, 0) is 43.0 Å². The highest BCUT2D eigenvalue weighted by Crippen LogP contribution is 2.27. The molecule has 1 aromatic rings. The third-order valence-corrected chi connectivity index (χ3v) is 6.71. The molecule has 2 rings (SSSR count). The molecule has 1 aliphatic rings. The Balaban J connectivity index is 2.32. The van der Waals surface area contributed by atoms with Crippen LogP contribution in [0, 0.1) is 0 Å². The molecule has 0 aromatic heterocycles. The Labute approximate surface area is 120 Å². The molecule has 20 heavy (non-hydrogen) atoms. The van der Waals surface area contributed by atoms with Crippen molar-refractivity contribution in [3.8, 4) is 0 Å². The maximum absolute atomic E-state index is 12.1. The van der Waals surface area contributed by atoms with Crippen molar-refractivity contribution in [2.45, 2.75) is 42.4 Å². The zero-order valence-corrected chi connectivity index (χ0v) is 13.1. The second-order valence-corrected chi connectivity index (χ2v) is 8.79. The molecule has 1 heterocycles. The first-order chi connectivity index (χ1) is 9.37. The van der Waals surface area contributed by atoms with Gasteiger partial charge in [0.05, 0.1) is 15.5 Å². The van der Waals surface area contributed by atoms with Crippen molar-refractivity contribution in [2.75, 3.05) is 12.3 Å². The zero-order chi connectivity index (χ0) is 14.8. The van der Waals surface area contributed by atoms with E-state index in [9.17, 15) is 16.8 Å². The Bertz CT molecular complexity index is 693. The topological polar surface area (TPSA) is 80.3 Å². The number of unbranched alkanes of at least 4 members (excludes halogenated alkanes) is 1. The molecule has 0 aliphatic carbocycles. The van der Waals surface area contributed by atoms with Gasteiger partial charge in [0.2, 0.25) is 10.0 Å². The lowest BCUT2D eigenvalue weighted by molar-refractivity contribution is 0.575. The number of fused-ring (bicyclic) bond motifs is 1. The summed E-state index contributed by atoms with van der Waals surface area (Å²) < 4.78 is 50.5. The van der Waals surface area contributed by atoms with Gasteiger partial charge in [-0.1, -0.05) is 13.3 Å². The highest BCUT2D eigenvalue weighted by Gasteiger charge is 2.25. The van der Waals surface area contributed by atoms with Gasteiger partial charge in [-0.2, -0.15) is 0 Å². The number of sulfone groups is 1. The number of nitrogens with one attached hydrogen (secondary N) is 1. The molecule has 0 saturated carbocycles. The predicted molar refractivity (Wildman–Crippen MR) is 76.9 cm³/mol. The molecular weight excluding hydrogens is 298 g/mol. The second-order valence-electron chi connectivity index (χ2n) is 4.94. The third kappa shape index (κ3) is 3.21. The average molecular weight is 317 g/mol. The molecule has 112 valence electrons. The van der Waals surface area contributed by atoms with Crippen molar-refractivity contribution in [3.63, 3.8) is 0 Å². The Morgan fingerprint density at radius 3 is 2.75 bits per heavy atom. The molecule has 0 saturated heterocycles. The lowest BCUT2D eigenvalue weighted by atomic mass is 10.1. The van der Waals surface area contributed by atoms with Crippen LogP contribution in [0.1, 0.15) is 31.7 Å². The quantitative estimate of drug-likeness (QED) is 0.834. The summed E-state index contributed by atoms with van der Waals surface area (Å²) >= 11 is 0. The van der Waals surface area contributed by atoms with Gasteiger partial charge < -0.3 is 0 Å². The van der Waals surface area contributed by atoms with Crippen LogP contribution in [0.15, 0.2) is 28.0 Å². The van der Waals surface area contributed by atoms with Crippen LogP contribution in [-0.4, -0.2) is 29.1 Å². The minimum atomic E-state index is -3.55. The minimum Gasteiger partial charge on any atom is -0.224 e. The number of hydrogen-bond donors (Lipinski definition) is 1. The van der Waals surface area contributed by atoms with E-state index in [1.807, 2.05) is 6.92 Å². The molecule has 1 aliphatic heterocycles. The number of hydrogen-bond acceptors (Lipinski definition) is 4. The van der Waals surface area contributed by atoms with Gasteiger partial charge >= 0.3 is 0 Å². The van der Waals surface area contributed by atoms with Crippen molar-refractivity contribution >= 4 is 19.9 Å². The summed E-state index contributed by atoms with van der Waals surface area (Å²) in [6.07, 6.45) is 2.83. The smallest absolute Gasteiger partial charge is 0.224 e. The van der Waals surface area contributed by atoms with E-state index in [-0.39, 0.29) is 15.5 Å². The monoisotopic (exact) mass is 317 g/mol. The van der Waals surface area contributed by atoms with Crippen LogP contribution in [0.2, 0.25) is 0 Å². The molecule has 0 unspecified atom stereocenters. The summed E-state index contributed by atoms with van der Waals surface area (Å²) in [4.78, 5) is 0.417. The van der Waals surface area contributed by atoms with E-state index in [0.717, 1.165) is 12.8 Å². The van der Waals surface area contributed by atoms with Crippen molar-refractivity contribution in [2.24, 2.45) is 0 Å². The van der Waals surface area contributed by atoms with E-state index < -0.39 is 19.9 Å². The van der Waals surface area contributed by atoms with Gasteiger partial charge in [-0.15, -0.1) is 0 Å². The SMILES string of the molecule is CCCCNS(=O)(=O)c1ccc2c(c1)CCCS2(=O)=O. The van der Waals surface area contributed by atoms with Crippen molar-refractivity contribution in [1.29, 1.82) is 0 Å². The summed E-state index contributed by atoms with van der Waals surface area (Å²) in [6.45, 7) is 2.38. The molecule has 0 radical (unpaired) electrons. The lowest BCUT2D eigenvalue weighted by Crippen LogP contribution is -2.25. The third-order valence-electron chi connectivity index (χ3n) is 3.36. The second kappa shape index (κ2) is 5.83. The summed E-state index contributed by atoms with van der Waals surface area (Å²) in [5.41, 5.74) is 0.606. The Morgan fingerprint density at radius 1 is 1.30 bits per heavy atom. The summed E-state index contributed by atoms with van der Waals surface area (Å²) in [6, 6.07) is 4.27. The predicted octanol–water partition coefficient (Wildman–Crippen LogP) is 1.48. The van der Waals surface area contributed by atoms with E-state index in [0.29, 0.717) is 24.9 Å². The molecule has 5 nitrogen and oxygen atoms in total. The fourth-order valence-corrected chi connectivity index (χ4v) is 4.96. The summed E-state index contributed by atoms with van der Waals surface area (Å²) in [5, 5.41) is 0. The Kier molecular flexibility index (Phi) is 4.51. The van der Waals surface area contributed by atoms with Crippen LogP contribution in [-0.2, 0) is 26.3 Å². The molecule has 1 N–H and O–H groups in total. The van der Waals surface area contributed by atoms with E-state index >= 15 is 0 Å². The number of sulfonamides is 1. The van der Waals surface area contributed by atoms with E-state index in [1.165, 1.54) is 18.2 Å². The molecule has 0 spiro atoms. The highest BCUT2D eigenvalue weighted by molar-refractivity contribution is 7.91. The van der Waals surface area contributed by atoms with Crippen LogP contribution >= 0.6 is 0 Å². The van der Waals surface area contributed by atoms with E-state index in [1.54, 1.807) is 0 Å². The van der Waals surface area contributed by atoms with Crippen LogP contribution < -0.4 is 4.72 Å². The van der Waals surface area contributed by atoms with Crippen molar-refractivity contribution in [3.05, 3.63) is 23.8 Å². The van der Waals surface area contributed by atoms with Crippen LogP contribution in [0.4, 0.5) is 0 Å². The summed E-state index contributed by atoms with van der Waals surface area (Å²) in [5.74, 6) is 0.140. The maximum atomic E-state index is 12.1. The first kappa shape index (κ1) is 15.5. The van der Waals surface area contributed by atoms with Gasteiger partial charge in [0.15, 0.2) is 9.84 Å². The van der Waals surface area contributed by atoms with Crippen LogP contribution in [0.5, 0.6) is 0 Å². The highest BCUT2D eigenvalue weighted by atomic mass is 32.2. The molecule has 0 amide bonds. The average Bonchev–Trinajstić information content (AvgIpc) is 2.38. The Morgan fingerprint density at radius 2 is 2.05 bits per heavy atom. The largest absolute Gasteiger partial charge is 0.240 e. The molecular formula is C13H19NO4S2. The molecule has 0 bridgehead atoms.